The summed E-state index contributed by atoms with van der Waals surface area (Å²) >= 11 is 1.71. The summed E-state index contributed by atoms with van der Waals surface area (Å²) in [6.45, 7) is 9.91. The molecular weight excluding hydrogens is 272 g/mol. The van der Waals surface area contributed by atoms with Crippen molar-refractivity contribution in [2.75, 3.05) is 12.3 Å². The summed E-state index contributed by atoms with van der Waals surface area (Å²) < 4.78 is 31.6. The van der Waals surface area contributed by atoms with Crippen molar-refractivity contribution in [3.05, 3.63) is 11.5 Å². The van der Waals surface area contributed by atoms with Gasteiger partial charge < -0.3 is 4.52 Å². The summed E-state index contributed by atoms with van der Waals surface area (Å²) in [5, 5.41) is 3.65. The van der Waals surface area contributed by atoms with Gasteiger partial charge in [0.25, 0.3) is 0 Å². The van der Waals surface area contributed by atoms with E-state index in [1.54, 1.807) is 25.6 Å². The van der Waals surface area contributed by atoms with Crippen molar-refractivity contribution in [2.24, 2.45) is 0 Å². The molecule has 7 heteroatoms. The van der Waals surface area contributed by atoms with Crippen LogP contribution in [-0.2, 0) is 10.0 Å². The summed E-state index contributed by atoms with van der Waals surface area (Å²) in [5.41, 5.74) is 0.392. The molecule has 1 rings (SSSR count). The van der Waals surface area contributed by atoms with Crippen LogP contribution in [0.4, 0.5) is 0 Å². The Balaban J connectivity index is 2.62. The molecule has 0 bridgehead atoms. The van der Waals surface area contributed by atoms with Gasteiger partial charge >= 0.3 is 0 Å². The molecule has 1 N–H and O–H groups in total. The van der Waals surface area contributed by atoms with Crippen LogP contribution in [0.3, 0.4) is 0 Å². The highest BCUT2D eigenvalue weighted by molar-refractivity contribution is 8.00. The fourth-order valence-corrected chi connectivity index (χ4v) is 3.77. The average molecular weight is 292 g/mol. The first-order chi connectivity index (χ1) is 8.13. The Morgan fingerprint density at radius 1 is 1.33 bits per heavy atom. The Morgan fingerprint density at radius 2 is 1.94 bits per heavy atom. The van der Waals surface area contributed by atoms with Crippen molar-refractivity contribution in [3.63, 3.8) is 0 Å². The van der Waals surface area contributed by atoms with Gasteiger partial charge in [-0.05, 0) is 13.8 Å². The van der Waals surface area contributed by atoms with E-state index in [1.165, 1.54) is 0 Å². The molecule has 0 spiro atoms. The van der Waals surface area contributed by atoms with Gasteiger partial charge in [-0.1, -0.05) is 25.9 Å². The zero-order chi connectivity index (χ0) is 14.0. The maximum Gasteiger partial charge on any atom is 0.245 e. The molecule has 1 aromatic heterocycles. The van der Waals surface area contributed by atoms with E-state index in [-0.39, 0.29) is 9.64 Å². The highest BCUT2D eigenvalue weighted by atomic mass is 32.2. The van der Waals surface area contributed by atoms with Crippen molar-refractivity contribution in [1.82, 2.24) is 9.88 Å². The third kappa shape index (κ3) is 4.29. The zero-order valence-electron chi connectivity index (χ0n) is 11.4. The molecule has 0 unspecified atom stereocenters. The second kappa shape index (κ2) is 5.63. The molecule has 0 saturated carbocycles. The molecule has 104 valence electrons. The van der Waals surface area contributed by atoms with E-state index in [4.69, 9.17) is 4.52 Å². The molecular formula is C11H20N2O3S2. The van der Waals surface area contributed by atoms with Gasteiger partial charge in [-0.15, -0.1) is 0 Å². The predicted octanol–water partition coefficient (Wildman–Crippen LogP) is 2.10. The second-order valence-corrected chi connectivity index (χ2v) is 8.64. The van der Waals surface area contributed by atoms with E-state index >= 15 is 0 Å². The van der Waals surface area contributed by atoms with Crippen LogP contribution in [-0.4, -0.2) is 30.6 Å². The van der Waals surface area contributed by atoms with Crippen LogP contribution in [0.25, 0.3) is 0 Å². The van der Waals surface area contributed by atoms with Crippen LogP contribution in [0.5, 0.6) is 0 Å². The maximum atomic E-state index is 12.0. The molecule has 1 aromatic rings. The smallest absolute Gasteiger partial charge is 0.245 e. The number of sulfonamides is 1. The lowest BCUT2D eigenvalue weighted by Gasteiger charge is -2.17. The molecule has 0 aliphatic carbocycles. The summed E-state index contributed by atoms with van der Waals surface area (Å²) in [4.78, 5) is 0.156. The second-order valence-electron chi connectivity index (χ2n) is 5.01. The van der Waals surface area contributed by atoms with Crippen LogP contribution >= 0.6 is 11.8 Å². The summed E-state index contributed by atoms with van der Waals surface area (Å²) in [7, 11) is -3.52. The summed E-state index contributed by atoms with van der Waals surface area (Å²) in [6, 6.07) is 0. The molecule has 18 heavy (non-hydrogen) atoms. The highest BCUT2D eigenvalue weighted by Crippen LogP contribution is 2.23. The molecule has 0 aliphatic rings. The largest absolute Gasteiger partial charge is 0.360 e. The van der Waals surface area contributed by atoms with Crippen molar-refractivity contribution in [1.29, 1.82) is 0 Å². The van der Waals surface area contributed by atoms with Crippen LogP contribution in [0.2, 0.25) is 0 Å². The van der Waals surface area contributed by atoms with E-state index in [1.807, 2.05) is 0 Å². The van der Waals surface area contributed by atoms with Gasteiger partial charge in [0, 0.05) is 17.0 Å². The Morgan fingerprint density at radius 3 is 2.39 bits per heavy atom. The lowest BCUT2D eigenvalue weighted by Crippen LogP contribution is -2.27. The van der Waals surface area contributed by atoms with Gasteiger partial charge in [0.05, 0.1) is 0 Å². The molecule has 1 heterocycles. The molecule has 0 radical (unpaired) electrons. The molecule has 0 aromatic carbocycles. The van der Waals surface area contributed by atoms with Gasteiger partial charge in [0.15, 0.2) is 5.76 Å². The number of rotatable bonds is 5. The fraction of sp³-hybridized carbons (Fsp3) is 0.727. The first-order valence-corrected chi connectivity index (χ1v) is 8.17. The molecule has 0 atom stereocenters. The quantitative estimate of drug-likeness (QED) is 0.841. The molecule has 0 aliphatic heterocycles. The molecule has 0 saturated heterocycles. The lowest BCUT2D eigenvalue weighted by atomic mass is 10.3. The molecule has 0 fully saturated rings. The fourth-order valence-electron chi connectivity index (χ4n) is 1.46. The van der Waals surface area contributed by atoms with E-state index in [2.05, 4.69) is 30.6 Å². The van der Waals surface area contributed by atoms with Gasteiger partial charge in [-0.3, -0.25) is 0 Å². The summed E-state index contributed by atoms with van der Waals surface area (Å²) in [5.74, 6) is 1.05. The molecule has 5 nitrogen and oxygen atoms in total. The Bertz CT molecular complexity index is 481. The highest BCUT2D eigenvalue weighted by Gasteiger charge is 2.23. The Hall–Kier alpha value is -0.530. The first-order valence-electron chi connectivity index (χ1n) is 5.70. The van der Waals surface area contributed by atoms with Gasteiger partial charge in [0.2, 0.25) is 10.0 Å². The third-order valence-corrected chi connectivity index (χ3v) is 5.14. The van der Waals surface area contributed by atoms with E-state index in [0.29, 0.717) is 18.0 Å². The number of nitrogens with one attached hydrogen (secondary N) is 1. The van der Waals surface area contributed by atoms with Crippen LogP contribution in [0.15, 0.2) is 9.42 Å². The van der Waals surface area contributed by atoms with Gasteiger partial charge in [-0.2, -0.15) is 11.8 Å². The van der Waals surface area contributed by atoms with E-state index < -0.39 is 10.0 Å². The number of hydrogen-bond acceptors (Lipinski definition) is 5. The number of nitrogens with zero attached hydrogens (tertiary/aromatic N) is 1. The minimum Gasteiger partial charge on any atom is -0.360 e. The van der Waals surface area contributed by atoms with E-state index in [9.17, 15) is 8.42 Å². The molecule has 0 amide bonds. The standard InChI is InChI=1S/C11H20N2O3S2/c1-8-10(9(2)16-13-8)18(14,15)12-6-7-17-11(3,4)5/h12H,6-7H2,1-5H3. The number of hydrogen-bond donors (Lipinski definition) is 1. The number of thioether (sulfide) groups is 1. The maximum absolute atomic E-state index is 12.0. The topological polar surface area (TPSA) is 72.2 Å². The summed E-state index contributed by atoms with van der Waals surface area (Å²) in [6.07, 6.45) is 0. The Labute approximate surface area is 113 Å². The van der Waals surface area contributed by atoms with Crippen molar-refractivity contribution in [3.8, 4) is 0 Å². The minimum absolute atomic E-state index is 0.133. The van der Waals surface area contributed by atoms with Crippen LogP contribution < -0.4 is 4.72 Å². The number of aromatic nitrogens is 1. The third-order valence-electron chi connectivity index (χ3n) is 2.17. The van der Waals surface area contributed by atoms with Crippen molar-refractivity contribution >= 4 is 21.8 Å². The number of aryl methyl sites for hydroxylation is 2. The van der Waals surface area contributed by atoms with Gasteiger partial charge in [-0.25, -0.2) is 13.1 Å². The van der Waals surface area contributed by atoms with Crippen LogP contribution in [0, 0.1) is 13.8 Å². The minimum atomic E-state index is -3.52. The van der Waals surface area contributed by atoms with Crippen molar-refractivity contribution < 1.29 is 12.9 Å². The van der Waals surface area contributed by atoms with Crippen LogP contribution in [0.1, 0.15) is 32.2 Å². The average Bonchev–Trinajstić information content (AvgIpc) is 2.52. The van der Waals surface area contributed by atoms with E-state index in [0.717, 1.165) is 5.75 Å². The zero-order valence-corrected chi connectivity index (χ0v) is 13.0. The first kappa shape index (κ1) is 15.5. The predicted molar refractivity (Wildman–Crippen MR) is 73.4 cm³/mol. The lowest BCUT2D eigenvalue weighted by molar-refractivity contribution is 0.390. The monoisotopic (exact) mass is 292 g/mol. The van der Waals surface area contributed by atoms with Gasteiger partial charge in [0.1, 0.15) is 10.6 Å². The van der Waals surface area contributed by atoms with Crippen molar-refractivity contribution in [2.45, 2.75) is 44.3 Å². The normalized spacial score (nSPS) is 12.9. The SMILES string of the molecule is Cc1noc(C)c1S(=O)(=O)NCCSC(C)(C)C. The Kier molecular flexibility index (Phi) is 4.85.